The van der Waals surface area contributed by atoms with Crippen LogP contribution in [0.25, 0.3) is 0 Å². The maximum atomic E-state index is 12.8. The Bertz CT molecular complexity index is 818. The number of rotatable bonds is 2. The van der Waals surface area contributed by atoms with Crippen molar-refractivity contribution in [2.75, 3.05) is 0 Å². The van der Waals surface area contributed by atoms with Crippen molar-refractivity contribution in [2.24, 2.45) is 0 Å². The summed E-state index contributed by atoms with van der Waals surface area (Å²) < 4.78 is 5.13. The number of ether oxygens (including phenoxy) is 1. The van der Waals surface area contributed by atoms with Crippen molar-refractivity contribution < 1.29 is 19.1 Å². The van der Waals surface area contributed by atoms with E-state index in [1.165, 1.54) is 6.92 Å². The molecular weight excluding hydrogens is 280 g/mol. The molecule has 0 heterocycles. The summed E-state index contributed by atoms with van der Waals surface area (Å²) in [5.41, 5.74) is 2.07. The van der Waals surface area contributed by atoms with E-state index < -0.39 is 5.97 Å². The third kappa shape index (κ3) is 2.04. The molecule has 0 bridgehead atoms. The van der Waals surface area contributed by atoms with Gasteiger partial charge in [0, 0.05) is 23.6 Å². The number of carbonyl (C=O) groups is 3. The van der Waals surface area contributed by atoms with Crippen LogP contribution in [0.5, 0.6) is 5.75 Å². The lowest BCUT2D eigenvalue weighted by molar-refractivity contribution is -0.131. The van der Waals surface area contributed by atoms with Crippen LogP contribution in [-0.4, -0.2) is 17.5 Å². The zero-order valence-corrected chi connectivity index (χ0v) is 12.3. The number of carbonyl (C=O) groups excluding carboxylic acids is 3. The molecule has 0 atom stereocenters. The van der Waals surface area contributed by atoms with Crippen molar-refractivity contribution in [3.63, 3.8) is 0 Å². The third-order valence-corrected chi connectivity index (χ3v) is 3.76. The largest absolute Gasteiger partial charge is 0.426 e. The molecule has 110 valence electrons. The van der Waals surface area contributed by atoms with E-state index in [4.69, 9.17) is 4.74 Å². The first kappa shape index (κ1) is 14.2. The molecule has 0 aliphatic heterocycles. The number of hydrogen-bond acceptors (Lipinski definition) is 4. The summed E-state index contributed by atoms with van der Waals surface area (Å²) >= 11 is 0. The monoisotopic (exact) mass is 294 g/mol. The molecule has 0 saturated carbocycles. The van der Waals surface area contributed by atoms with Gasteiger partial charge < -0.3 is 4.74 Å². The summed E-state index contributed by atoms with van der Waals surface area (Å²) in [5.74, 6) is -0.856. The summed E-state index contributed by atoms with van der Waals surface area (Å²) in [6, 6.07) is 10.0. The molecule has 2 aromatic rings. The predicted molar refractivity (Wildman–Crippen MR) is 80.4 cm³/mol. The lowest BCUT2D eigenvalue weighted by atomic mass is 9.81. The van der Waals surface area contributed by atoms with Gasteiger partial charge in [-0.1, -0.05) is 37.3 Å². The molecule has 4 heteroatoms. The molecule has 0 aromatic heterocycles. The summed E-state index contributed by atoms with van der Waals surface area (Å²) in [6.45, 7) is 3.18. The molecule has 1 aliphatic carbocycles. The third-order valence-electron chi connectivity index (χ3n) is 3.76. The van der Waals surface area contributed by atoms with E-state index in [1.54, 1.807) is 36.4 Å². The molecule has 0 radical (unpaired) electrons. The van der Waals surface area contributed by atoms with Crippen molar-refractivity contribution in [1.82, 2.24) is 0 Å². The van der Waals surface area contributed by atoms with Crippen LogP contribution in [0.4, 0.5) is 0 Å². The van der Waals surface area contributed by atoms with Gasteiger partial charge in [0.2, 0.25) is 0 Å². The molecule has 22 heavy (non-hydrogen) atoms. The van der Waals surface area contributed by atoms with Crippen molar-refractivity contribution >= 4 is 17.5 Å². The highest BCUT2D eigenvalue weighted by molar-refractivity contribution is 6.29. The Hall–Kier alpha value is -2.75. The van der Waals surface area contributed by atoms with Crippen molar-refractivity contribution in [3.8, 4) is 5.75 Å². The lowest BCUT2D eigenvalue weighted by Crippen LogP contribution is -2.24. The van der Waals surface area contributed by atoms with E-state index in [-0.39, 0.29) is 22.9 Å². The van der Waals surface area contributed by atoms with Crippen molar-refractivity contribution in [3.05, 3.63) is 64.2 Å². The standard InChI is InChI=1S/C18H14O4/c1-3-11-8-9-14(22-10(2)19)16-15(11)17(20)12-6-4-5-7-13(12)18(16)21/h4-9H,3H2,1-2H3. The molecule has 0 unspecified atom stereocenters. The summed E-state index contributed by atoms with van der Waals surface area (Å²) in [6.07, 6.45) is 0.615. The minimum Gasteiger partial charge on any atom is -0.426 e. The Labute approximate surface area is 127 Å². The van der Waals surface area contributed by atoms with E-state index >= 15 is 0 Å². The van der Waals surface area contributed by atoms with Gasteiger partial charge in [0.25, 0.3) is 0 Å². The smallest absolute Gasteiger partial charge is 0.308 e. The maximum absolute atomic E-state index is 12.8. The number of esters is 1. The van der Waals surface area contributed by atoms with Gasteiger partial charge in [-0.25, -0.2) is 0 Å². The van der Waals surface area contributed by atoms with Crippen molar-refractivity contribution in [1.29, 1.82) is 0 Å². The second-order valence-electron chi connectivity index (χ2n) is 5.12. The Balaban J connectivity index is 2.32. The fourth-order valence-electron chi connectivity index (χ4n) is 2.79. The number of benzene rings is 2. The average molecular weight is 294 g/mol. The SMILES string of the molecule is CCc1ccc(OC(C)=O)c2c1C(=O)c1ccccc1C2=O. The number of hydrogen-bond donors (Lipinski definition) is 0. The number of fused-ring (bicyclic) bond motifs is 2. The van der Waals surface area contributed by atoms with Gasteiger partial charge in [-0.15, -0.1) is 0 Å². The quantitative estimate of drug-likeness (QED) is 0.538. The van der Waals surface area contributed by atoms with E-state index in [0.29, 0.717) is 23.1 Å². The first-order valence-corrected chi connectivity index (χ1v) is 7.07. The molecule has 1 aliphatic rings. The molecule has 0 spiro atoms. The Morgan fingerprint density at radius 3 is 2.09 bits per heavy atom. The van der Waals surface area contributed by atoms with Crippen LogP contribution in [-0.2, 0) is 11.2 Å². The first-order chi connectivity index (χ1) is 10.5. The number of ketones is 2. The average Bonchev–Trinajstić information content (AvgIpc) is 2.51. The van der Waals surface area contributed by atoms with Crippen LogP contribution in [0, 0.1) is 0 Å². The van der Waals surface area contributed by atoms with Gasteiger partial charge in [-0.05, 0) is 18.1 Å². The summed E-state index contributed by atoms with van der Waals surface area (Å²) in [7, 11) is 0. The Kier molecular flexibility index (Phi) is 3.37. The van der Waals surface area contributed by atoms with Gasteiger partial charge in [0.1, 0.15) is 5.75 Å². The summed E-state index contributed by atoms with van der Waals surface area (Å²) in [4.78, 5) is 36.8. The van der Waals surface area contributed by atoms with Crippen LogP contribution in [0.3, 0.4) is 0 Å². The molecule has 0 N–H and O–H groups in total. The van der Waals surface area contributed by atoms with Gasteiger partial charge in [-0.2, -0.15) is 0 Å². The lowest BCUT2D eigenvalue weighted by Gasteiger charge is -2.21. The van der Waals surface area contributed by atoms with Gasteiger partial charge in [0.15, 0.2) is 11.6 Å². The van der Waals surface area contributed by atoms with E-state index in [9.17, 15) is 14.4 Å². The van der Waals surface area contributed by atoms with Gasteiger partial charge in [-0.3, -0.25) is 14.4 Å². The van der Waals surface area contributed by atoms with Gasteiger partial charge >= 0.3 is 5.97 Å². The second kappa shape index (κ2) is 5.22. The number of aryl methyl sites for hydroxylation is 1. The van der Waals surface area contributed by atoms with Crippen LogP contribution in [0.2, 0.25) is 0 Å². The second-order valence-corrected chi connectivity index (χ2v) is 5.12. The van der Waals surface area contributed by atoms with Crippen molar-refractivity contribution in [2.45, 2.75) is 20.3 Å². The zero-order chi connectivity index (χ0) is 15.9. The van der Waals surface area contributed by atoms with Crippen LogP contribution in [0.1, 0.15) is 51.3 Å². The first-order valence-electron chi connectivity index (χ1n) is 7.07. The van der Waals surface area contributed by atoms with E-state index in [1.807, 2.05) is 6.92 Å². The van der Waals surface area contributed by atoms with Crippen LogP contribution >= 0.6 is 0 Å². The fraction of sp³-hybridized carbons (Fsp3) is 0.167. The van der Waals surface area contributed by atoms with Gasteiger partial charge in [0.05, 0.1) is 5.56 Å². The highest BCUT2D eigenvalue weighted by Crippen LogP contribution is 2.35. The molecule has 0 saturated heterocycles. The maximum Gasteiger partial charge on any atom is 0.308 e. The fourth-order valence-corrected chi connectivity index (χ4v) is 2.79. The topological polar surface area (TPSA) is 60.4 Å². The molecule has 0 fully saturated rings. The molecule has 3 rings (SSSR count). The predicted octanol–water partition coefficient (Wildman–Crippen LogP) is 2.95. The molecular formula is C18H14O4. The minimum absolute atomic E-state index is 0.146. The molecule has 0 amide bonds. The molecule has 4 nitrogen and oxygen atoms in total. The normalized spacial score (nSPS) is 12.6. The van der Waals surface area contributed by atoms with E-state index in [0.717, 1.165) is 5.56 Å². The highest BCUT2D eigenvalue weighted by atomic mass is 16.5. The van der Waals surface area contributed by atoms with E-state index in [2.05, 4.69) is 0 Å². The Morgan fingerprint density at radius 1 is 0.955 bits per heavy atom. The minimum atomic E-state index is -0.523. The zero-order valence-electron chi connectivity index (χ0n) is 12.3. The highest BCUT2D eigenvalue weighted by Gasteiger charge is 2.34. The van der Waals surface area contributed by atoms with Crippen LogP contribution in [0.15, 0.2) is 36.4 Å². The Morgan fingerprint density at radius 2 is 1.55 bits per heavy atom. The van der Waals surface area contributed by atoms with Crippen LogP contribution < -0.4 is 4.74 Å². The molecule has 2 aromatic carbocycles. The summed E-state index contributed by atoms with van der Waals surface area (Å²) in [5, 5.41) is 0.